The molecule has 386 valence electrons. The molecule has 0 aliphatic carbocycles. The molecule has 0 saturated carbocycles. The van der Waals surface area contributed by atoms with Gasteiger partial charge in [-0.2, -0.15) is 0 Å². The third kappa shape index (κ3) is 50.1. The molecular formula is C57H107N2O6P. The summed E-state index contributed by atoms with van der Waals surface area (Å²) in [5.74, 6) is -0.213. The molecular weight excluding hydrogens is 840 g/mol. The zero-order valence-electron chi connectivity index (χ0n) is 43.9. The van der Waals surface area contributed by atoms with Crippen LogP contribution < -0.4 is 10.2 Å². The standard InChI is InChI=1S/C57H107N2O6P/c1-6-8-10-12-14-16-18-19-20-21-22-23-24-25-26-27-28-29-30-31-32-33-34-35-36-37-38-39-41-43-45-47-49-51-57(61)58-55(54-65-66(62,63)64-53-52-59(3,4)5)56(60)50-48-46-44-42-40-17-15-13-11-9-7-2/h11,13,22-23,25-26,40,42,48,50,55-56,60H,6-10,12,14-21,24,27-39,41,43-47,49,51-54H2,1-5H3,(H-,58,61,62,63)/b13-11+,23-22-,26-25-,42-40+,50-48+. The van der Waals surface area contributed by atoms with E-state index in [1.807, 2.05) is 27.2 Å². The monoisotopic (exact) mass is 947 g/mol. The first-order valence-electron chi connectivity index (χ1n) is 27.7. The van der Waals surface area contributed by atoms with E-state index >= 15 is 0 Å². The van der Waals surface area contributed by atoms with Gasteiger partial charge in [0.25, 0.3) is 7.82 Å². The lowest BCUT2D eigenvalue weighted by molar-refractivity contribution is -0.870. The Kier molecular flexibility index (Phi) is 46.9. The fourth-order valence-electron chi connectivity index (χ4n) is 7.81. The van der Waals surface area contributed by atoms with E-state index in [1.54, 1.807) is 6.08 Å². The maximum absolute atomic E-state index is 12.9. The number of phosphoric ester groups is 1. The molecule has 0 spiro atoms. The van der Waals surface area contributed by atoms with Crippen molar-refractivity contribution in [2.24, 2.45) is 0 Å². The predicted octanol–water partition coefficient (Wildman–Crippen LogP) is 15.9. The van der Waals surface area contributed by atoms with Gasteiger partial charge in [0.15, 0.2) is 0 Å². The van der Waals surface area contributed by atoms with Gasteiger partial charge in [-0.3, -0.25) is 9.36 Å². The molecule has 2 N–H and O–H groups in total. The topological polar surface area (TPSA) is 108 Å². The maximum atomic E-state index is 12.9. The van der Waals surface area contributed by atoms with E-state index in [9.17, 15) is 19.4 Å². The molecule has 0 aromatic rings. The Labute approximate surface area is 409 Å². The average Bonchev–Trinajstić information content (AvgIpc) is 3.28. The number of carbonyl (C=O) groups is 1. The van der Waals surface area contributed by atoms with E-state index in [1.165, 1.54) is 167 Å². The van der Waals surface area contributed by atoms with Crippen LogP contribution in [0.1, 0.15) is 245 Å². The lowest BCUT2D eigenvalue weighted by atomic mass is 10.0. The molecule has 3 unspecified atom stereocenters. The highest BCUT2D eigenvalue weighted by Gasteiger charge is 2.23. The van der Waals surface area contributed by atoms with Crippen LogP contribution in [0.5, 0.6) is 0 Å². The minimum atomic E-state index is -4.60. The van der Waals surface area contributed by atoms with Crippen LogP contribution >= 0.6 is 7.82 Å². The fourth-order valence-corrected chi connectivity index (χ4v) is 8.53. The van der Waals surface area contributed by atoms with Gasteiger partial charge in [0.05, 0.1) is 39.9 Å². The number of allylic oxidation sites excluding steroid dienone is 9. The Morgan fingerprint density at radius 2 is 0.924 bits per heavy atom. The van der Waals surface area contributed by atoms with Gasteiger partial charge in [-0.05, 0) is 70.6 Å². The van der Waals surface area contributed by atoms with Crippen LogP contribution in [0.15, 0.2) is 60.8 Å². The highest BCUT2D eigenvalue weighted by molar-refractivity contribution is 7.45. The summed E-state index contributed by atoms with van der Waals surface area (Å²) >= 11 is 0. The molecule has 3 atom stereocenters. The number of nitrogens with zero attached hydrogens (tertiary/aromatic N) is 1. The SMILES string of the molecule is CCC/C=C/CC/C=C/CC/C=C/C(O)C(COP(=O)([O-])OCC[N+](C)(C)C)NC(=O)CCCCCCCCCCCCCCCCCCC/C=C\C/C=C\CCCCCCCCCCC. The van der Waals surface area contributed by atoms with Crippen molar-refractivity contribution in [3.05, 3.63) is 60.8 Å². The van der Waals surface area contributed by atoms with Crippen LogP contribution in [0.3, 0.4) is 0 Å². The van der Waals surface area contributed by atoms with Crippen LogP contribution in [0, 0.1) is 0 Å². The van der Waals surface area contributed by atoms with Crippen molar-refractivity contribution in [3.63, 3.8) is 0 Å². The van der Waals surface area contributed by atoms with Gasteiger partial charge in [-0.1, -0.05) is 229 Å². The molecule has 0 rings (SSSR count). The van der Waals surface area contributed by atoms with Crippen molar-refractivity contribution in [3.8, 4) is 0 Å². The predicted molar refractivity (Wildman–Crippen MR) is 284 cm³/mol. The van der Waals surface area contributed by atoms with E-state index in [0.29, 0.717) is 17.4 Å². The zero-order chi connectivity index (χ0) is 48.5. The number of unbranched alkanes of at least 4 members (excludes halogenated alkanes) is 29. The van der Waals surface area contributed by atoms with Gasteiger partial charge >= 0.3 is 0 Å². The summed E-state index contributed by atoms with van der Waals surface area (Å²) in [6.07, 6.45) is 64.7. The summed E-state index contributed by atoms with van der Waals surface area (Å²) in [4.78, 5) is 25.4. The fraction of sp³-hybridized carbons (Fsp3) is 0.807. The average molecular weight is 947 g/mol. The maximum Gasteiger partial charge on any atom is 0.268 e. The first-order chi connectivity index (χ1) is 32.0. The van der Waals surface area contributed by atoms with Crippen LogP contribution in [0.4, 0.5) is 0 Å². The zero-order valence-corrected chi connectivity index (χ0v) is 44.8. The molecule has 9 heteroatoms. The van der Waals surface area contributed by atoms with Crippen LogP contribution in [0.2, 0.25) is 0 Å². The number of nitrogens with one attached hydrogen (secondary N) is 1. The molecule has 66 heavy (non-hydrogen) atoms. The normalized spacial score (nSPS) is 14.5. The second kappa shape index (κ2) is 48.2. The smallest absolute Gasteiger partial charge is 0.268 e. The largest absolute Gasteiger partial charge is 0.756 e. The summed E-state index contributed by atoms with van der Waals surface area (Å²) in [5, 5.41) is 13.8. The van der Waals surface area contributed by atoms with E-state index in [0.717, 1.165) is 57.8 Å². The van der Waals surface area contributed by atoms with Crippen LogP contribution in [-0.4, -0.2) is 68.5 Å². The van der Waals surface area contributed by atoms with Gasteiger partial charge in [0, 0.05) is 6.42 Å². The van der Waals surface area contributed by atoms with Crippen molar-refractivity contribution in [2.45, 2.75) is 257 Å². The van der Waals surface area contributed by atoms with Crippen molar-refractivity contribution in [1.29, 1.82) is 0 Å². The van der Waals surface area contributed by atoms with Crippen molar-refractivity contribution < 1.29 is 32.9 Å². The number of likely N-dealkylation sites (N-methyl/N-ethyl adjacent to an activating group) is 1. The highest BCUT2D eigenvalue weighted by atomic mass is 31.2. The second-order valence-corrected chi connectivity index (χ2v) is 21.3. The van der Waals surface area contributed by atoms with Gasteiger partial charge in [0.2, 0.25) is 5.91 Å². The molecule has 0 bridgehead atoms. The summed E-state index contributed by atoms with van der Waals surface area (Å²) in [7, 11) is 1.23. The van der Waals surface area contributed by atoms with E-state index in [2.05, 4.69) is 67.8 Å². The highest BCUT2D eigenvalue weighted by Crippen LogP contribution is 2.38. The second-order valence-electron chi connectivity index (χ2n) is 19.9. The lowest BCUT2D eigenvalue weighted by Gasteiger charge is -2.29. The summed E-state index contributed by atoms with van der Waals surface area (Å²) < 4.78 is 23.2. The van der Waals surface area contributed by atoms with Gasteiger partial charge in [0.1, 0.15) is 13.2 Å². The molecule has 8 nitrogen and oxygen atoms in total. The Bertz CT molecular complexity index is 1260. The van der Waals surface area contributed by atoms with Gasteiger partial charge in [-0.15, -0.1) is 0 Å². The molecule has 1 amide bonds. The number of amides is 1. The van der Waals surface area contributed by atoms with E-state index < -0.39 is 26.6 Å². The van der Waals surface area contributed by atoms with E-state index in [4.69, 9.17) is 9.05 Å². The summed E-state index contributed by atoms with van der Waals surface area (Å²) in [6.45, 7) is 4.54. The third-order valence-electron chi connectivity index (χ3n) is 12.2. The number of carbonyl (C=O) groups excluding carboxylic acids is 1. The molecule has 0 aliphatic heterocycles. The number of hydrogen-bond donors (Lipinski definition) is 2. The Morgan fingerprint density at radius 3 is 1.36 bits per heavy atom. The van der Waals surface area contributed by atoms with Crippen molar-refractivity contribution in [2.75, 3.05) is 40.9 Å². The minimum Gasteiger partial charge on any atom is -0.756 e. The number of quaternary nitrogens is 1. The summed E-state index contributed by atoms with van der Waals surface area (Å²) in [6, 6.07) is -0.909. The Morgan fingerprint density at radius 1 is 0.530 bits per heavy atom. The minimum absolute atomic E-state index is 0.0101. The molecule has 0 radical (unpaired) electrons. The lowest BCUT2D eigenvalue weighted by Crippen LogP contribution is -2.45. The summed E-state index contributed by atoms with van der Waals surface area (Å²) in [5.41, 5.74) is 0. The quantitative estimate of drug-likeness (QED) is 0.0272. The number of aliphatic hydroxyl groups excluding tert-OH is 1. The Hall–Kier alpha value is -1.80. The molecule has 0 aromatic carbocycles. The van der Waals surface area contributed by atoms with Crippen molar-refractivity contribution in [1.82, 2.24) is 5.32 Å². The van der Waals surface area contributed by atoms with E-state index in [-0.39, 0.29) is 12.5 Å². The number of rotatable bonds is 50. The number of hydrogen-bond acceptors (Lipinski definition) is 6. The molecule has 0 saturated heterocycles. The molecule has 0 fully saturated rings. The number of phosphoric acid groups is 1. The molecule has 0 aliphatic rings. The molecule has 0 heterocycles. The van der Waals surface area contributed by atoms with Gasteiger partial charge in [-0.25, -0.2) is 0 Å². The first kappa shape index (κ1) is 64.2. The first-order valence-corrected chi connectivity index (χ1v) is 29.1. The van der Waals surface area contributed by atoms with Crippen LogP contribution in [0.25, 0.3) is 0 Å². The molecule has 0 aromatic heterocycles. The Balaban J connectivity index is 4.01. The van der Waals surface area contributed by atoms with Crippen molar-refractivity contribution >= 4 is 13.7 Å². The van der Waals surface area contributed by atoms with Crippen LogP contribution in [-0.2, 0) is 18.4 Å². The third-order valence-corrected chi connectivity index (χ3v) is 13.1. The van der Waals surface area contributed by atoms with Gasteiger partial charge < -0.3 is 28.8 Å². The number of aliphatic hydroxyl groups is 1.